The van der Waals surface area contributed by atoms with Crippen LogP contribution in [0, 0.1) is 12.1 Å². The predicted octanol–water partition coefficient (Wildman–Crippen LogP) is 4.56. The molecule has 0 radical (unpaired) electrons. The molecular formula is C20H22N2OS2. The summed E-state index contributed by atoms with van der Waals surface area (Å²) in [5.41, 5.74) is 3.23. The first kappa shape index (κ1) is 18.0. The molecule has 0 spiro atoms. The molecule has 1 atom stereocenters. The molecule has 3 nitrogen and oxygen atoms in total. The molecule has 130 valence electrons. The normalized spacial score (nSPS) is 20.1. The Bertz CT molecular complexity index is 785. The van der Waals surface area contributed by atoms with Crippen LogP contribution in [0.15, 0.2) is 54.6 Å². The third-order valence-electron chi connectivity index (χ3n) is 4.29. The van der Waals surface area contributed by atoms with E-state index in [1.165, 1.54) is 5.56 Å². The highest BCUT2D eigenvalue weighted by Crippen LogP contribution is 2.42. The number of hydroxylamine groups is 1. The molecule has 0 aliphatic carbocycles. The molecule has 1 aliphatic heterocycles. The lowest BCUT2D eigenvalue weighted by molar-refractivity contribution is -0.524. The number of rotatable bonds is 4. The minimum absolute atomic E-state index is 0.283. The van der Waals surface area contributed by atoms with E-state index in [-0.39, 0.29) is 10.9 Å². The van der Waals surface area contributed by atoms with Crippen LogP contribution in [-0.2, 0) is 6.54 Å². The van der Waals surface area contributed by atoms with Gasteiger partial charge in [-0.15, -0.1) is 0 Å². The largest absolute Gasteiger partial charge is 0.622 e. The van der Waals surface area contributed by atoms with Gasteiger partial charge < -0.3 is 5.21 Å². The molecule has 0 aromatic heterocycles. The smallest absolute Gasteiger partial charge is 0.254 e. The van der Waals surface area contributed by atoms with Crippen LogP contribution in [0.5, 0.6) is 0 Å². The van der Waals surface area contributed by atoms with Crippen molar-refractivity contribution in [3.05, 3.63) is 76.5 Å². The van der Waals surface area contributed by atoms with Gasteiger partial charge in [-0.2, -0.15) is 4.74 Å². The summed E-state index contributed by atoms with van der Waals surface area (Å²) in [5, 5.41) is 13.0. The maximum atomic E-state index is 13.0. The van der Waals surface area contributed by atoms with E-state index in [0.717, 1.165) is 20.2 Å². The Balaban J connectivity index is 1.91. The number of hydrogen-bond acceptors (Lipinski definition) is 3. The van der Waals surface area contributed by atoms with Crippen LogP contribution in [0.2, 0.25) is 0 Å². The van der Waals surface area contributed by atoms with Gasteiger partial charge in [-0.05, 0) is 38.5 Å². The second-order valence-corrected chi connectivity index (χ2v) is 9.15. The Labute approximate surface area is 158 Å². The van der Waals surface area contributed by atoms with Gasteiger partial charge >= 0.3 is 0 Å². The zero-order valence-corrected chi connectivity index (χ0v) is 16.3. The van der Waals surface area contributed by atoms with Crippen molar-refractivity contribution < 1.29 is 4.74 Å². The molecule has 1 fully saturated rings. The maximum Gasteiger partial charge on any atom is 0.254 e. The fraction of sp³-hybridized carbons (Fsp3) is 0.300. The summed E-state index contributed by atoms with van der Waals surface area (Å²) in [6.07, 6.45) is 1.32. The molecule has 1 aliphatic rings. The lowest BCUT2D eigenvalue weighted by atomic mass is 10.1. The van der Waals surface area contributed by atoms with Crippen LogP contribution in [-0.4, -0.2) is 31.1 Å². The maximum absolute atomic E-state index is 13.0. The first-order valence-corrected chi connectivity index (χ1v) is 9.50. The molecular weight excluding hydrogens is 348 g/mol. The number of nitrogens with zero attached hydrogens (tertiary/aromatic N) is 2. The Morgan fingerprint density at radius 1 is 1.16 bits per heavy atom. The zero-order chi connectivity index (χ0) is 18.0. The number of thioether (sulfide) groups is 1. The summed E-state index contributed by atoms with van der Waals surface area (Å²) in [7, 11) is 0. The summed E-state index contributed by atoms with van der Waals surface area (Å²) < 4.78 is 1.55. The van der Waals surface area contributed by atoms with E-state index in [1.54, 1.807) is 18.0 Å². The van der Waals surface area contributed by atoms with E-state index in [1.807, 2.05) is 54.3 Å². The summed E-state index contributed by atoms with van der Waals surface area (Å²) in [4.78, 5) is 2.03. The molecule has 0 amide bonds. The molecule has 0 unspecified atom stereocenters. The van der Waals surface area contributed by atoms with Crippen molar-refractivity contribution in [3.63, 3.8) is 0 Å². The van der Waals surface area contributed by atoms with Crippen LogP contribution < -0.4 is 0 Å². The van der Waals surface area contributed by atoms with Crippen molar-refractivity contribution in [2.24, 2.45) is 0 Å². The van der Waals surface area contributed by atoms with E-state index in [2.05, 4.69) is 26.0 Å². The average molecular weight is 371 g/mol. The third-order valence-corrected chi connectivity index (χ3v) is 5.92. The minimum Gasteiger partial charge on any atom is -0.622 e. The van der Waals surface area contributed by atoms with Gasteiger partial charge in [-0.25, -0.2) is 0 Å². The summed E-state index contributed by atoms with van der Waals surface area (Å²) in [5.74, 6) is 0. The molecule has 25 heavy (non-hydrogen) atoms. The minimum atomic E-state index is -0.341. The van der Waals surface area contributed by atoms with E-state index in [0.29, 0.717) is 6.54 Å². The summed E-state index contributed by atoms with van der Waals surface area (Å²) >= 11 is 7.17. The summed E-state index contributed by atoms with van der Waals surface area (Å²) in [6.45, 7) is 6.83. The molecule has 1 heterocycles. The van der Waals surface area contributed by atoms with E-state index >= 15 is 0 Å². The Morgan fingerprint density at radius 3 is 2.44 bits per heavy atom. The SMILES string of the molecule is Cc1ccc(/C=[N+](\[O-])[C@H]2N(Cc3ccccc3)C(=S)SC2(C)C)cc1. The highest BCUT2D eigenvalue weighted by molar-refractivity contribution is 8.24. The molecule has 3 rings (SSSR count). The van der Waals surface area contributed by atoms with Crippen molar-refractivity contribution in [1.82, 2.24) is 4.90 Å². The van der Waals surface area contributed by atoms with Crippen molar-refractivity contribution in [2.45, 2.75) is 38.2 Å². The quantitative estimate of drug-likeness (QED) is 0.259. The van der Waals surface area contributed by atoms with Crippen LogP contribution in [0.4, 0.5) is 0 Å². The summed E-state index contributed by atoms with van der Waals surface area (Å²) in [6, 6.07) is 18.1. The topological polar surface area (TPSA) is 29.3 Å². The van der Waals surface area contributed by atoms with Gasteiger partial charge in [-0.3, -0.25) is 4.90 Å². The van der Waals surface area contributed by atoms with Gasteiger partial charge in [0.15, 0.2) is 6.21 Å². The first-order chi connectivity index (χ1) is 11.9. The molecule has 2 aromatic rings. The standard InChI is InChI=1S/C20H22N2OS2/c1-15-9-11-17(12-10-15)14-22(23)18-20(2,3)25-19(24)21(18)13-16-7-5-4-6-8-16/h4-12,14,18H,13H2,1-3H3/b22-14-/t18-/m1/s1. The lowest BCUT2D eigenvalue weighted by Crippen LogP contribution is -2.47. The average Bonchev–Trinajstić information content (AvgIpc) is 2.79. The van der Waals surface area contributed by atoms with Crippen molar-refractivity contribution in [1.29, 1.82) is 0 Å². The van der Waals surface area contributed by atoms with Crippen molar-refractivity contribution in [3.8, 4) is 0 Å². The molecule has 2 aromatic carbocycles. The van der Waals surface area contributed by atoms with Gasteiger partial charge in [0.05, 0.1) is 6.54 Å². The molecule has 0 N–H and O–H groups in total. The fourth-order valence-electron chi connectivity index (χ4n) is 3.06. The van der Waals surface area contributed by atoms with Crippen LogP contribution in [0.3, 0.4) is 0 Å². The van der Waals surface area contributed by atoms with Crippen LogP contribution >= 0.6 is 24.0 Å². The highest BCUT2D eigenvalue weighted by Gasteiger charge is 2.50. The van der Waals surface area contributed by atoms with E-state index < -0.39 is 0 Å². The van der Waals surface area contributed by atoms with Gasteiger partial charge in [0.25, 0.3) is 6.17 Å². The third kappa shape index (κ3) is 4.05. The van der Waals surface area contributed by atoms with Crippen LogP contribution in [0.1, 0.15) is 30.5 Å². The fourth-order valence-corrected chi connectivity index (χ4v) is 4.93. The van der Waals surface area contributed by atoms with Gasteiger partial charge in [0.1, 0.15) is 9.07 Å². The monoisotopic (exact) mass is 370 g/mol. The predicted molar refractivity (Wildman–Crippen MR) is 110 cm³/mol. The van der Waals surface area contributed by atoms with Crippen molar-refractivity contribution >= 4 is 34.5 Å². The number of aryl methyl sites for hydroxylation is 1. The number of thiocarbonyl (C=S) groups is 1. The van der Waals surface area contributed by atoms with Gasteiger partial charge in [0.2, 0.25) is 0 Å². The molecule has 0 saturated carbocycles. The second kappa shape index (κ2) is 7.18. The van der Waals surface area contributed by atoms with Crippen molar-refractivity contribution in [2.75, 3.05) is 0 Å². The lowest BCUT2D eigenvalue weighted by Gasteiger charge is -2.29. The second-order valence-electron chi connectivity index (χ2n) is 6.86. The van der Waals surface area contributed by atoms with E-state index in [9.17, 15) is 5.21 Å². The Morgan fingerprint density at radius 2 is 1.80 bits per heavy atom. The first-order valence-electron chi connectivity index (χ1n) is 8.27. The van der Waals surface area contributed by atoms with Gasteiger partial charge in [-0.1, -0.05) is 72.0 Å². The number of hydrogen-bond donors (Lipinski definition) is 0. The van der Waals surface area contributed by atoms with Crippen LogP contribution in [0.25, 0.3) is 0 Å². The van der Waals surface area contributed by atoms with E-state index in [4.69, 9.17) is 12.2 Å². The Kier molecular flexibility index (Phi) is 5.16. The molecule has 1 saturated heterocycles. The van der Waals surface area contributed by atoms with Gasteiger partial charge in [0, 0.05) is 5.56 Å². The Hall–Kier alpha value is -1.85. The molecule has 0 bridgehead atoms. The zero-order valence-electron chi connectivity index (χ0n) is 14.7. The highest BCUT2D eigenvalue weighted by atomic mass is 32.2. The number of benzene rings is 2. The molecule has 5 heteroatoms.